The highest BCUT2D eigenvalue weighted by molar-refractivity contribution is 7.96. The first-order valence-electron chi connectivity index (χ1n) is 11.6. The van der Waals surface area contributed by atoms with Crippen molar-refractivity contribution in [3.8, 4) is 0 Å². The highest BCUT2D eigenvalue weighted by atomic mass is 32.1. The summed E-state index contributed by atoms with van der Waals surface area (Å²) < 4.78 is 38.3. The number of carbonyl (C=O) groups excluding carboxylic acids is 3. The van der Waals surface area contributed by atoms with E-state index >= 15 is 8.78 Å². The SMILES string of the molecule is CCC(=O)O[C@]1(C(=O)S)[C@H](C)CC(C2C[C@H](F)C3=CC(=O)C=CC3(C)[C@@]2(F)CO)[C@]1(C)CC. The lowest BCUT2D eigenvalue weighted by Crippen LogP contribution is -2.63. The van der Waals surface area contributed by atoms with Crippen molar-refractivity contribution in [1.82, 2.24) is 0 Å². The molecule has 0 saturated heterocycles. The molecule has 1 N–H and O–H groups in total. The van der Waals surface area contributed by atoms with Crippen LogP contribution in [0.5, 0.6) is 0 Å². The highest BCUT2D eigenvalue weighted by Crippen LogP contribution is 2.67. The minimum Gasteiger partial charge on any atom is -0.449 e. The number of thiol groups is 1. The number of aliphatic hydroxyl groups is 1. The van der Waals surface area contributed by atoms with Crippen LogP contribution in [0, 0.1) is 28.6 Å². The van der Waals surface area contributed by atoms with Gasteiger partial charge in [-0.25, -0.2) is 8.78 Å². The van der Waals surface area contributed by atoms with Crippen LogP contribution in [0.25, 0.3) is 0 Å². The van der Waals surface area contributed by atoms with Gasteiger partial charge in [0.25, 0.3) is 0 Å². The summed E-state index contributed by atoms with van der Waals surface area (Å²) in [7, 11) is 0. The number of esters is 1. The van der Waals surface area contributed by atoms with E-state index in [0.717, 1.165) is 6.08 Å². The molecule has 3 rings (SSSR count). The fraction of sp³-hybridized carbons (Fsp3) is 0.720. The molecule has 2 fully saturated rings. The number of rotatable bonds is 6. The number of carbonyl (C=O) groups is 3. The van der Waals surface area contributed by atoms with E-state index in [-0.39, 0.29) is 18.4 Å². The van der Waals surface area contributed by atoms with Crippen LogP contribution in [-0.2, 0) is 19.1 Å². The summed E-state index contributed by atoms with van der Waals surface area (Å²) in [5, 5.41) is 9.75. The number of hydrogen-bond donors (Lipinski definition) is 2. The monoisotopic (exact) mass is 484 g/mol. The van der Waals surface area contributed by atoms with Crippen LogP contribution in [0.2, 0.25) is 0 Å². The van der Waals surface area contributed by atoms with E-state index in [1.165, 1.54) is 19.1 Å². The third-order valence-corrected chi connectivity index (χ3v) is 9.36. The molecule has 33 heavy (non-hydrogen) atoms. The molecule has 8 atom stereocenters. The van der Waals surface area contributed by atoms with Crippen LogP contribution in [0.15, 0.2) is 23.8 Å². The van der Waals surface area contributed by atoms with Crippen molar-refractivity contribution in [2.75, 3.05) is 6.61 Å². The van der Waals surface area contributed by atoms with E-state index in [2.05, 4.69) is 12.6 Å². The van der Waals surface area contributed by atoms with Gasteiger partial charge in [0, 0.05) is 29.1 Å². The van der Waals surface area contributed by atoms with Gasteiger partial charge in [0.1, 0.15) is 11.8 Å². The van der Waals surface area contributed by atoms with Crippen molar-refractivity contribution >= 4 is 29.5 Å². The third-order valence-electron chi connectivity index (χ3n) is 9.03. The van der Waals surface area contributed by atoms with Gasteiger partial charge in [-0.2, -0.15) is 0 Å². The Morgan fingerprint density at radius 2 is 1.88 bits per heavy atom. The first-order valence-corrected chi connectivity index (χ1v) is 12.1. The third kappa shape index (κ3) is 3.38. The molecule has 0 spiro atoms. The Kier molecular flexibility index (Phi) is 6.79. The normalized spacial score (nSPS) is 44.9. The van der Waals surface area contributed by atoms with Crippen molar-refractivity contribution in [3.05, 3.63) is 23.8 Å². The summed E-state index contributed by atoms with van der Waals surface area (Å²) in [6, 6.07) is 0. The second kappa shape index (κ2) is 8.59. The largest absolute Gasteiger partial charge is 0.449 e. The summed E-state index contributed by atoms with van der Waals surface area (Å²) in [6.45, 7) is 7.63. The van der Waals surface area contributed by atoms with Crippen molar-refractivity contribution in [1.29, 1.82) is 0 Å². The van der Waals surface area contributed by atoms with Gasteiger partial charge in [-0.15, -0.1) is 12.6 Å². The van der Waals surface area contributed by atoms with Crippen LogP contribution in [0.1, 0.15) is 60.3 Å². The summed E-state index contributed by atoms with van der Waals surface area (Å²) in [5.41, 5.74) is -6.42. The van der Waals surface area contributed by atoms with Gasteiger partial charge < -0.3 is 9.84 Å². The molecular formula is C25H34F2O5S. The lowest BCUT2D eigenvalue weighted by atomic mass is 9.50. The molecule has 184 valence electrons. The van der Waals surface area contributed by atoms with Crippen molar-refractivity contribution in [3.63, 3.8) is 0 Å². The first-order chi connectivity index (χ1) is 15.3. The second-order valence-electron chi connectivity index (χ2n) is 10.3. The maximum atomic E-state index is 17.0. The standard InChI is InChI=1S/C25H34F2O5S/c1-6-20(30)32-25(21(31)33)14(3)10-16(22(25,4)7-2)17-12-19(26)18-11-15(29)8-9-23(18,5)24(17,27)13-28/h8-9,11,14,16-17,19,28H,6-7,10,12-13H2,1-5H3,(H,31,33)/t14-,16?,17?,19+,22+,23?,24-,25+/m1/s1. The fourth-order valence-electron chi connectivity index (χ4n) is 6.92. The molecule has 8 heteroatoms. The fourth-order valence-corrected chi connectivity index (χ4v) is 7.44. The number of fused-ring (bicyclic) bond motifs is 1. The van der Waals surface area contributed by atoms with Crippen LogP contribution >= 0.6 is 12.6 Å². The summed E-state index contributed by atoms with van der Waals surface area (Å²) >= 11 is 4.12. The molecule has 0 radical (unpaired) electrons. The van der Waals surface area contributed by atoms with Gasteiger partial charge in [0.05, 0.1) is 6.61 Å². The molecule has 2 saturated carbocycles. The lowest BCUT2D eigenvalue weighted by molar-refractivity contribution is -0.188. The Balaban J connectivity index is 2.18. The van der Waals surface area contributed by atoms with E-state index in [9.17, 15) is 19.5 Å². The van der Waals surface area contributed by atoms with E-state index in [0.29, 0.717) is 12.8 Å². The van der Waals surface area contributed by atoms with Gasteiger partial charge in [-0.3, -0.25) is 14.4 Å². The van der Waals surface area contributed by atoms with Crippen LogP contribution in [-0.4, -0.2) is 46.0 Å². The quantitative estimate of drug-likeness (QED) is 0.433. The van der Waals surface area contributed by atoms with E-state index < -0.39 is 69.5 Å². The maximum Gasteiger partial charge on any atom is 0.306 e. The number of alkyl halides is 2. The molecular weight excluding hydrogens is 450 g/mol. The Morgan fingerprint density at radius 1 is 1.24 bits per heavy atom. The van der Waals surface area contributed by atoms with E-state index in [1.807, 2.05) is 6.92 Å². The lowest BCUT2D eigenvalue weighted by Gasteiger charge is -2.56. The molecule has 3 unspecified atom stereocenters. The smallest absolute Gasteiger partial charge is 0.306 e. The number of ether oxygens (including phenoxy) is 1. The van der Waals surface area contributed by atoms with Crippen LogP contribution in [0.4, 0.5) is 8.78 Å². The number of ketones is 1. The van der Waals surface area contributed by atoms with Gasteiger partial charge in [0.15, 0.2) is 11.4 Å². The molecule has 0 aromatic heterocycles. The minimum atomic E-state index is -2.29. The summed E-state index contributed by atoms with van der Waals surface area (Å²) in [5.74, 6) is -3.03. The second-order valence-corrected chi connectivity index (χ2v) is 10.7. The Bertz CT molecular complexity index is 918. The van der Waals surface area contributed by atoms with Gasteiger partial charge in [-0.05, 0) is 49.8 Å². The zero-order chi connectivity index (χ0) is 25.0. The van der Waals surface area contributed by atoms with E-state index in [4.69, 9.17) is 4.74 Å². The predicted octanol–water partition coefficient (Wildman–Crippen LogP) is 4.34. The molecule has 5 nitrogen and oxygen atoms in total. The Labute approximate surface area is 199 Å². The van der Waals surface area contributed by atoms with Crippen molar-refractivity contribution < 1.29 is 33.0 Å². The number of halogens is 2. The predicted molar refractivity (Wildman–Crippen MR) is 123 cm³/mol. The summed E-state index contributed by atoms with van der Waals surface area (Å²) in [4.78, 5) is 37.3. The van der Waals surface area contributed by atoms with Crippen molar-refractivity contribution in [2.24, 2.45) is 28.6 Å². The highest BCUT2D eigenvalue weighted by Gasteiger charge is 2.72. The zero-order valence-electron chi connectivity index (χ0n) is 19.9. The van der Waals surface area contributed by atoms with E-state index in [1.54, 1.807) is 20.8 Å². The van der Waals surface area contributed by atoms with Crippen molar-refractivity contribution in [2.45, 2.75) is 77.7 Å². The molecule has 0 amide bonds. The molecule has 0 aromatic carbocycles. The molecule has 3 aliphatic carbocycles. The van der Waals surface area contributed by atoms with Gasteiger partial charge in [0.2, 0.25) is 5.12 Å². The number of hydrogen-bond acceptors (Lipinski definition) is 5. The molecule has 0 aromatic rings. The molecule has 0 aliphatic heterocycles. The topological polar surface area (TPSA) is 80.7 Å². The molecule has 3 aliphatic rings. The molecule has 0 bridgehead atoms. The Hall–Kier alpha value is -1.54. The van der Waals surface area contributed by atoms with Crippen LogP contribution < -0.4 is 0 Å². The van der Waals surface area contributed by atoms with Gasteiger partial charge >= 0.3 is 5.97 Å². The average molecular weight is 485 g/mol. The summed E-state index contributed by atoms with van der Waals surface area (Å²) in [6.07, 6.45) is 2.59. The average Bonchev–Trinajstić information content (AvgIpc) is 3.00. The Morgan fingerprint density at radius 3 is 2.39 bits per heavy atom. The zero-order valence-corrected chi connectivity index (χ0v) is 20.8. The van der Waals surface area contributed by atoms with Crippen LogP contribution in [0.3, 0.4) is 0 Å². The maximum absolute atomic E-state index is 17.0. The van der Waals surface area contributed by atoms with Gasteiger partial charge in [-0.1, -0.05) is 33.8 Å². The number of allylic oxidation sites excluding steroid dienone is 4. The first kappa shape index (κ1) is 26.1. The number of aliphatic hydroxyl groups excluding tert-OH is 1. The molecule has 0 heterocycles. The minimum absolute atomic E-state index is 0.0287.